The number of carbonyl (C=O) groups excluding carboxylic acids is 2. The first-order chi connectivity index (χ1) is 37.0. The standard InChI is InChI=1S/C69H135NO5/c1-3-5-7-9-11-13-15-17-34-39-43-47-51-55-59-63-69(74)75-64-60-56-52-48-44-40-36-33-31-29-27-25-23-21-19-20-22-24-26-28-30-32-35-38-42-46-50-54-58-62-68(73)70-66(65-71)67(72)61-57-53-49-45-41-37-18-16-14-12-10-8-6-4-2/h19,21,66-67,71-72H,3-18,20,22-65H2,1-2H3,(H,70,73)/b21-19-. The first-order valence-corrected chi connectivity index (χ1v) is 34.4. The number of carbonyl (C=O) groups is 2. The number of hydrogen-bond acceptors (Lipinski definition) is 5. The van der Waals surface area contributed by atoms with E-state index in [1.807, 2.05) is 0 Å². The van der Waals surface area contributed by atoms with Crippen LogP contribution in [0.2, 0.25) is 0 Å². The average Bonchev–Trinajstić information content (AvgIpc) is 3.41. The summed E-state index contributed by atoms with van der Waals surface area (Å²) in [6.45, 7) is 4.99. The van der Waals surface area contributed by atoms with Crippen molar-refractivity contribution in [3.8, 4) is 0 Å². The molecule has 3 N–H and O–H groups in total. The van der Waals surface area contributed by atoms with E-state index in [2.05, 4.69) is 31.3 Å². The first kappa shape index (κ1) is 73.6. The van der Waals surface area contributed by atoms with Crippen molar-refractivity contribution in [3.05, 3.63) is 12.2 Å². The van der Waals surface area contributed by atoms with Crippen LogP contribution in [-0.4, -0.2) is 47.4 Å². The second-order valence-corrected chi connectivity index (χ2v) is 23.9. The molecule has 6 heteroatoms. The van der Waals surface area contributed by atoms with Gasteiger partial charge in [-0.2, -0.15) is 0 Å². The van der Waals surface area contributed by atoms with Crippen LogP contribution in [0.3, 0.4) is 0 Å². The fourth-order valence-corrected chi connectivity index (χ4v) is 11.1. The van der Waals surface area contributed by atoms with E-state index in [-0.39, 0.29) is 18.5 Å². The average molecular weight is 1060 g/mol. The van der Waals surface area contributed by atoms with Crippen LogP contribution >= 0.6 is 0 Å². The summed E-state index contributed by atoms with van der Waals surface area (Å²) >= 11 is 0. The molecule has 446 valence electrons. The normalized spacial score (nSPS) is 12.5. The highest BCUT2D eigenvalue weighted by molar-refractivity contribution is 5.76. The van der Waals surface area contributed by atoms with Gasteiger partial charge < -0.3 is 20.3 Å². The van der Waals surface area contributed by atoms with Crippen molar-refractivity contribution < 1.29 is 24.5 Å². The Morgan fingerprint density at radius 1 is 0.360 bits per heavy atom. The Kier molecular flexibility index (Phi) is 63.9. The summed E-state index contributed by atoms with van der Waals surface area (Å²) in [5.41, 5.74) is 0. The minimum absolute atomic E-state index is 0.0203. The van der Waals surface area contributed by atoms with E-state index >= 15 is 0 Å². The Morgan fingerprint density at radius 2 is 0.627 bits per heavy atom. The lowest BCUT2D eigenvalue weighted by Gasteiger charge is -2.22. The van der Waals surface area contributed by atoms with Crippen LogP contribution in [0, 0.1) is 0 Å². The Hall–Kier alpha value is -1.40. The molecular weight excluding hydrogens is 923 g/mol. The molecule has 0 heterocycles. The molecule has 75 heavy (non-hydrogen) atoms. The number of aliphatic hydroxyl groups excluding tert-OH is 2. The van der Waals surface area contributed by atoms with Crippen molar-refractivity contribution in [3.63, 3.8) is 0 Å². The summed E-state index contributed by atoms with van der Waals surface area (Å²) in [6.07, 6.45) is 79.7. The molecule has 0 saturated carbocycles. The first-order valence-electron chi connectivity index (χ1n) is 34.4. The minimum atomic E-state index is -0.662. The molecule has 0 saturated heterocycles. The highest BCUT2D eigenvalue weighted by Crippen LogP contribution is 2.19. The zero-order chi connectivity index (χ0) is 54.3. The molecule has 0 aliphatic carbocycles. The summed E-state index contributed by atoms with van der Waals surface area (Å²) in [6, 6.07) is -0.540. The smallest absolute Gasteiger partial charge is 0.305 e. The highest BCUT2D eigenvalue weighted by atomic mass is 16.5. The Morgan fingerprint density at radius 3 is 0.947 bits per heavy atom. The lowest BCUT2D eigenvalue weighted by molar-refractivity contribution is -0.143. The summed E-state index contributed by atoms with van der Waals surface area (Å²) in [5, 5.41) is 23.3. The molecular formula is C69H135NO5. The van der Waals surface area contributed by atoms with Gasteiger partial charge in [0.1, 0.15) is 0 Å². The van der Waals surface area contributed by atoms with Gasteiger partial charge >= 0.3 is 5.97 Å². The lowest BCUT2D eigenvalue weighted by atomic mass is 10.0. The predicted octanol–water partition coefficient (Wildman–Crippen LogP) is 22.0. The second-order valence-electron chi connectivity index (χ2n) is 23.9. The van der Waals surface area contributed by atoms with Crippen LogP contribution < -0.4 is 5.32 Å². The number of rotatable bonds is 65. The van der Waals surface area contributed by atoms with Crippen molar-refractivity contribution in [1.29, 1.82) is 0 Å². The van der Waals surface area contributed by atoms with E-state index in [9.17, 15) is 19.8 Å². The molecule has 0 fully saturated rings. The Balaban J connectivity index is 3.34. The molecule has 2 unspecified atom stereocenters. The van der Waals surface area contributed by atoms with Gasteiger partial charge in [-0.05, 0) is 51.4 Å². The van der Waals surface area contributed by atoms with E-state index in [1.54, 1.807) is 0 Å². The van der Waals surface area contributed by atoms with Gasteiger partial charge in [0.05, 0.1) is 25.4 Å². The number of allylic oxidation sites excluding steroid dienone is 2. The second kappa shape index (κ2) is 65.1. The molecule has 6 nitrogen and oxygen atoms in total. The van der Waals surface area contributed by atoms with Gasteiger partial charge in [0.15, 0.2) is 0 Å². The van der Waals surface area contributed by atoms with Gasteiger partial charge in [-0.15, -0.1) is 0 Å². The van der Waals surface area contributed by atoms with Crippen LogP contribution in [0.15, 0.2) is 12.2 Å². The van der Waals surface area contributed by atoms with E-state index < -0.39 is 12.1 Å². The predicted molar refractivity (Wildman–Crippen MR) is 329 cm³/mol. The van der Waals surface area contributed by atoms with Gasteiger partial charge in [0.25, 0.3) is 0 Å². The van der Waals surface area contributed by atoms with Gasteiger partial charge in [0, 0.05) is 12.8 Å². The van der Waals surface area contributed by atoms with E-state index in [1.165, 1.54) is 321 Å². The number of ether oxygens (including phenoxy) is 1. The maximum atomic E-state index is 12.5. The maximum absolute atomic E-state index is 12.5. The van der Waals surface area contributed by atoms with Crippen LogP contribution in [0.5, 0.6) is 0 Å². The molecule has 0 bridgehead atoms. The van der Waals surface area contributed by atoms with Crippen LogP contribution in [0.25, 0.3) is 0 Å². The summed E-state index contributed by atoms with van der Waals surface area (Å²) in [7, 11) is 0. The van der Waals surface area contributed by atoms with E-state index in [0.29, 0.717) is 25.9 Å². The third-order valence-corrected chi connectivity index (χ3v) is 16.3. The largest absolute Gasteiger partial charge is 0.466 e. The monoisotopic (exact) mass is 1060 g/mol. The van der Waals surface area contributed by atoms with Crippen molar-refractivity contribution in [2.75, 3.05) is 13.2 Å². The highest BCUT2D eigenvalue weighted by Gasteiger charge is 2.20. The minimum Gasteiger partial charge on any atom is -0.466 e. The number of unbranched alkanes of at least 4 members (excludes halogenated alkanes) is 52. The van der Waals surface area contributed by atoms with E-state index in [4.69, 9.17) is 4.74 Å². The third-order valence-electron chi connectivity index (χ3n) is 16.3. The van der Waals surface area contributed by atoms with Gasteiger partial charge in [-0.1, -0.05) is 341 Å². The summed E-state index contributed by atoms with van der Waals surface area (Å²) in [5.74, 6) is -0.0112. The zero-order valence-corrected chi connectivity index (χ0v) is 51.1. The number of hydrogen-bond donors (Lipinski definition) is 3. The molecule has 0 aromatic rings. The maximum Gasteiger partial charge on any atom is 0.305 e. The number of aliphatic hydroxyl groups is 2. The van der Waals surface area contributed by atoms with Crippen LogP contribution in [0.4, 0.5) is 0 Å². The Bertz CT molecular complexity index is 1130. The quantitative estimate of drug-likeness (QED) is 0.0320. The molecule has 0 aromatic heterocycles. The Labute approximate surface area is 469 Å². The summed E-state index contributed by atoms with van der Waals surface area (Å²) in [4.78, 5) is 24.6. The molecule has 0 spiro atoms. The zero-order valence-electron chi connectivity index (χ0n) is 51.1. The lowest BCUT2D eigenvalue weighted by Crippen LogP contribution is -2.45. The van der Waals surface area contributed by atoms with E-state index in [0.717, 1.165) is 38.5 Å². The number of amides is 1. The molecule has 1 amide bonds. The van der Waals surface area contributed by atoms with Gasteiger partial charge in [0.2, 0.25) is 5.91 Å². The van der Waals surface area contributed by atoms with Gasteiger partial charge in [-0.25, -0.2) is 0 Å². The fraction of sp³-hybridized carbons (Fsp3) is 0.942. The number of esters is 1. The molecule has 0 rings (SSSR count). The van der Waals surface area contributed by atoms with Crippen molar-refractivity contribution >= 4 is 11.9 Å². The number of nitrogens with one attached hydrogen (secondary N) is 1. The topological polar surface area (TPSA) is 95.9 Å². The van der Waals surface area contributed by atoms with Crippen molar-refractivity contribution in [1.82, 2.24) is 5.32 Å². The van der Waals surface area contributed by atoms with Crippen molar-refractivity contribution in [2.45, 2.75) is 405 Å². The molecule has 0 aromatic carbocycles. The summed E-state index contributed by atoms with van der Waals surface area (Å²) < 4.78 is 5.50. The van der Waals surface area contributed by atoms with Crippen LogP contribution in [-0.2, 0) is 14.3 Å². The SMILES string of the molecule is CCCCCCCCCCCCCCCCCC(=O)OCCCCCCCCCCCCCC/C=C\CCCCCCCCCCCCCCCC(=O)NC(CO)C(O)CCCCCCCCCCCCCCCC. The third kappa shape index (κ3) is 61.7. The van der Waals surface area contributed by atoms with Gasteiger partial charge in [-0.3, -0.25) is 9.59 Å². The molecule has 0 aliphatic rings. The van der Waals surface area contributed by atoms with Crippen LogP contribution in [0.1, 0.15) is 393 Å². The molecule has 0 aliphatic heterocycles. The molecule has 2 atom stereocenters. The van der Waals surface area contributed by atoms with Crippen molar-refractivity contribution in [2.24, 2.45) is 0 Å². The molecule has 0 radical (unpaired) electrons. The fourth-order valence-electron chi connectivity index (χ4n) is 11.1.